The van der Waals surface area contributed by atoms with Crippen LogP contribution in [-0.2, 0) is 13.7 Å². The van der Waals surface area contributed by atoms with Crippen molar-refractivity contribution in [3.63, 3.8) is 0 Å². The fraction of sp³-hybridized carbons (Fsp3) is 0.400. The molecular weight excluding hydrogens is 728 g/mol. The highest BCUT2D eigenvalue weighted by Crippen LogP contribution is 2.36. The zero-order valence-electron chi connectivity index (χ0n) is 26.8. The molecule has 3 aromatic carbocycles. The van der Waals surface area contributed by atoms with E-state index in [-0.39, 0.29) is 61.6 Å². The van der Waals surface area contributed by atoms with Gasteiger partial charge in [0, 0.05) is 58.1 Å². The zero-order chi connectivity index (χ0) is 31.5. The van der Waals surface area contributed by atoms with Crippen LogP contribution in [0.3, 0.4) is 0 Å². The highest BCUT2D eigenvalue weighted by Gasteiger charge is 2.19. The van der Waals surface area contributed by atoms with Crippen LogP contribution in [0, 0.1) is 0 Å². The Hall–Kier alpha value is -1.10. The van der Waals surface area contributed by atoms with Gasteiger partial charge in [0.2, 0.25) is 0 Å². The van der Waals surface area contributed by atoms with Gasteiger partial charge in [-0.2, -0.15) is 0 Å². The second-order valence-electron chi connectivity index (χ2n) is 11.0. The van der Waals surface area contributed by atoms with E-state index in [2.05, 4.69) is 4.90 Å². The van der Waals surface area contributed by atoms with Gasteiger partial charge in [-0.05, 0) is 37.1 Å². The first kappa shape index (κ1) is 48.0. The smallest absolute Gasteiger partial charge is 0.0569 e. The summed E-state index contributed by atoms with van der Waals surface area (Å²) in [4.78, 5) is 46.0. The number of halogens is 3. The number of rotatable bonds is 18. The van der Waals surface area contributed by atoms with Crippen molar-refractivity contribution in [2.75, 3.05) is 79.3 Å². The second-order valence-corrected chi connectivity index (χ2v) is 17.5. The summed E-state index contributed by atoms with van der Waals surface area (Å²) in [6.07, 6.45) is -0.341. The summed E-state index contributed by atoms with van der Waals surface area (Å²) < 4.78 is 38.6. The molecule has 3 aromatic rings. The zero-order valence-corrected chi connectivity index (χ0v) is 32.0. The maximum absolute atomic E-state index is 12.9. The molecule has 17 heteroatoms. The topological polar surface area (TPSA) is 165 Å². The molecule has 0 aliphatic rings. The van der Waals surface area contributed by atoms with Gasteiger partial charge in [-0.1, -0.05) is 91.0 Å². The summed E-state index contributed by atoms with van der Waals surface area (Å²) >= 11 is 0. The van der Waals surface area contributed by atoms with E-state index in [9.17, 15) is 28.4 Å². The van der Waals surface area contributed by atoms with E-state index in [1.807, 2.05) is 0 Å². The first-order valence-corrected chi connectivity index (χ1v) is 19.6. The van der Waals surface area contributed by atoms with Gasteiger partial charge in [0.1, 0.15) is 0 Å². The highest BCUT2D eigenvalue weighted by atomic mass is 35.5. The van der Waals surface area contributed by atoms with Crippen molar-refractivity contribution in [3.05, 3.63) is 91.0 Å². The van der Waals surface area contributed by atoms with Gasteiger partial charge in [-0.15, -0.1) is 37.2 Å². The standard InChI is InChI=1S/C30H45N4O6P3.3ClH.H2O/c1-31(25-41(35,36)28-13-7-4-8-14-28)19-22-34(23-20-32(2)26-42(37,38)29-15-9-5-10-16-29)24-21-33(3)27-43(39,40)30-17-11-6-12-18-30;;;;/h4-18H,19-27H2,1-3H3,(H,35,36)(H,37,38)(H,39,40);3*1H;1H2/p-3. The summed E-state index contributed by atoms with van der Waals surface area (Å²) in [7, 11) is -6.19. The number of benzene rings is 3. The van der Waals surface area contributed by atoms with Crippen LogP contribution in [0.15, 0.2) is 91.0 Å². The number of nitrogens with zero attached hydrogens (tertiary/aromatic N) is 4. The molecule has 0 aliphatic carbocycles. The third-order valence-electron chi connectivity index (χ3n) is 7.13. The average Bonchev–Trinajstić information content (AvgIpc) is 2.97. The van der Waals surface area contributed by atoms with E-state index in [0.29, 0.717) is 55.2 Å². The van der Waals surface area contributed by atoms with Gasteiger partial charge in [0.15, 0.2) is 0 Å². The first-order chi connectivity index (χ1) is 20.3. The Morgan fingerprint density at radius 3 is 0.872 bits per heavy atom. The molecule has 3 unspecified atom stereocenters. The second kappa shape index (κ2) is 22.6. The first-order valence-electron chi connectivity index (χ1n) is 14.1. The van der Waals surface area contributed by atoms with E-state index in [1.54, 1.807) is 127 Å². The number of hydrogen-bond acceptors (Lipinski definition) is 10. The summed E-state index contributed by atoms with van der Waals surface area (Å²) in [5.74, 6) is 0. The monoisotopic (exact) mass is 773 g/mol. The maximum atomic E-state index is 12.9. The van der Waals surface area contributed by atoms with E-state index in [4.69, 9.17) is 0 Å². The molecule has 3 rings (SSSR count). The van der Waals surface area contributed by atoms with Crippen molar-refractivity contribution in [2.24, 2.45) is 0 Å². The molecule has 0 fully saturated rings. The predicted octanol–water partition coefficient (Wildman–Crippen LogP) is 1.29. The molecule has 47 heavy (non-hydrogen) atoms. The van der Waals surface area contributed by atoms with Gasteiger partial charge < -0.3 is 33.9 Å². The quantitative estimate of drug-likeness (QED) is 0.172. The van der Waals surface area contributed by atoms with E-state index in [0.717, 1.165) is 0 Å². The molecular formula is C30H47Cl3N4O7P3-3. The molecule has 0 spiro atoms. The lowest BCUT2D eigenvalue weighted by Gasteiger charge is -2.34. The third kappa shape index (κ3) is 16.4. The van der Waals surface area contributed by atoms with Gasteiger partial charge in [0.05, 0.1) is 22.1 Å². The minimum absolute atomic E-state index is 0. The van der Waals surface area contributed by atoms with E-state index in [1.165, 1.54) is 0 Å². The lowest BCUT2D eigenvalue weighted by molar-refractivity contribution is -0.173. The normalized spacial score (nSPS) is 14.9. The van der Waals surface area contributed by atoms with E-state index >= 15 is 0 Å². The summed E-state index contributed by atoms with van der Waals surface area (Å²) in [5, 5.41) is 0.883. The minimum atomic E-state index is -3.82. The fourth-order valence-electron chi connectivity index (χ4n) is 4.65. The Morgan fingerprint density at radius 1 is 0.447 bits per heavy atom. The predicted molar refractivity (Wildman–Crippen MR) is 195 cm³/mol. The molecule has 0 amide bonds. The average molecular weight is 775 g/mol. The van der Waals surface area contributed by atoms with Crippen molar-refractivity contribution >= 4 is 75.2 Å². The lowest BCUT2D eigenvalue weighted by Crippen LogP contribution is -2.43. The third-order valence-corrected chi connectivity index (χ3v) is 12.9. The summed E-state index contributed by atoms with van der Waals surface area (Å²) in [5.41, 5.74) is 0. The summed E-state index contributed by atoms with van der Waals surface area (Å²) in [6, 6.07) is 25.1. The SMILES string of the molecule is CN(CCN(CCN(C)CP(=O)([O-])c1ccccc1)CCN(C)CP(=O)([O-])c1ccccc1)CP(=O)([O-])c1ccccc1.Cl.Cl.Cl.O. The van der Waals surface area contributed by atoms with Crippen molar-refractivity contribution in [3.8, 4) is 0 Å². The van der Waals surface area contributed by atoms with Gasteiger partial charge >= 0.3 is 0 Å². The maximum Gasteiger partial charge on any atom is 0.0569 e. The Bertz CT molecular complexity index is 1250. The molecule has 0 bridgehead atoms. The molecule has 0 aliphatic heterocycles. The number of likely N-dealkylation sites (N-methyl/N-ethyl adjacent to an activating group) is 3. The molecule has 2 N–H and O–H groups in total. The Kier molecular flexibility index (Phi) is 23.1. The van der Waals surface area contributed by atoms with Crippen molar-refractivity contribution in [1.82, 2.24) is 19.6 Å². The molecule has 3 atom stereocenters. The largest absolute Gasteiger partial charge is 0.795 e. The van der Waals surface area contributed by atoms with Crippen LogP contribution in [0.2, 0.25) is 0 Å². The van der Waals surface area contributed by atoms with Crippen LogP contribution in [0.1, 0.15) is 0 Å². The molecule has 0 saturated carbocycles. The van der Waals surface area contributed by atoms with Crippen LogP contribution < -0.4 is 30.6 Å². The van der Waals surface area contributed by atoms with Gasteiger partial charge in [-0.25, -0.2) is 0 Å². The molecule has 0 saturated heterocycles. The van der Waals surface area contributed by atoms with Crippen molar-refractivity contribution in [2.45, 2.75) is 0 Å². The summed E-state index contributed by atoms with van der Waals surface area (Å²) in [6.45, 7) is 2.94. The Balaban J connectivity index is 0. The Labute approximate surface area is 297 Å². The van der Waals surface area contributed by atoms with Crippen molar-refractivity contribution in [1.29, 1.82) is 0 Å². The van der Waals surface area contributed by atoms with Crippen LogP contribution in [0.5, 0.6) is 0 Å². The fourth-order valence-corrected chi connectivity index (χ4v) is 9.35. The van der Waals surface area contributed by atoms with Crippen LogP contribution in [-0.4, -0.2) is 104 Å². The molecule has 268 valence electrons. The highest BCUT2D eigenvalue weighted by molar-refractivity contribution is 7.65. The van der Waals surface area contributed by atoms with Crippen LogP contribution in [0.25, 0.3) is 0 Å². The van der Waals surface area contributed by atoms with Crippen LogP contribution >= 0.6 is 59.3 Å². The number of hydrogen-bond donors (Lipinski definition) is 0. The molecule has 0 radical (unpaired) electrons. The molecule has 0 aromatic heterocycles. The lowest BCUT2D eigenvalue weighted by atomic mass is 10.4. The Morgan fingerprint density at radius 2 is 0.660 bits per heavy atom. The van der Waals surface area contributed by atoms with Crippen molar-refractivity contribution < 1.29 is 33.9 Å². The van der Waals surface area contributed by atoms with Gasteiger partial charge in [0.25, 0.3) is 0 Å². The minimum Gasteiger partial charge on any atom is -0.795 e. The van der Waals surface area contributed by atoms with Gasteiger partial charge in [-0.3, -0.25) is 19.6 Å². The molecule has 11 nitrogen and oxygen atoms in total. The van der Waals surface area contributed by atoms with E-state index < -0.39 is 22.1 Å². The molecule has 0 heterocycles. The van der Waals surface area contributed by atoms with Crippen LogP contribution in [0.4, 0.5) is 0 Å².